The molecule has 0 saturated carbocycles. The normalized spacial score (nSPS) is 25.3. The minimum Gasteiger partial charge on any atom is -0.444 e. The Bertz CT molecular complexity index is 1090. The van der Waals surface area contributed by atoms with Gasteiger partial charge in [-0.1, -0.05) is 18.7 Å². The number of nitrogens with one attached hydrogen (secondary N) is 1. The number of fused-ring (bicyclic) bond motifs is 1. The van der Waals surface area contributed by atoms with Crippen molar-refractivity contribution in [3.05, 3.63) is 42.4 Å². The van der Waals surface area contributed by atoms with Gasteiger partial charge in [0.1, 0.15) is 24.8 Å². The molecule has 3 atom stereocenters. The number of ether oxygens (including phenoxy) is 2. The Morgan fingerprint density at radius 3 is 2.76 bits per heavy atom. The van der Waals surface area contributed by atoms with E-state index in [0.29, 0.717) is 37.1 Å². The maximum atomic E-state index is 13.1. The van der Waals surface area contributed by atoms with Crippen LogP contribution in [0.5, 0.6) is 0 Å². The van der Waals surface area contributed by atoms with Gasteiger partial charge in [-0.3, -0.25) is 10.2 Å². The van der Waals surface area contributed by atoms with Gasteiger partial charge in [0.2, 0.25) is 0 Å². The lowest BCUT2D eigenvalue weighted by atomic mass is 9.63. The summed E-state index contributed by atoms with van der Waals surface area (Å²) in [5.41, 5.74) is 1.02. The first kappa shape index (κ1) is 24.4. The summed E-state index contributed by atoms with van der Waals surface area (Å²) in [6, 6.07) is 5.17. The summed E-state index contributed by atoms with van der Waals surface area (Å²) in [7, 11) is 0. The molecular formula is C24H29F3N4O3. The van der Waals surface area contributed by atoms with Crippen molar-refractivity contribution in [3.8, 4) is 0 Å². The van der Waals surface area contributed by atoms with Gasteiger partial charge >= 0.3 is 12.3 Å². The highest BCUT2D eigenvalue weighted by Gasteiger charge is 2.59. The third-order valence-corrected chi connectivity index (χ3v) is 6.22. The minimum atomic E-state index is -4.42. The van der Waals surface area contributed by atoms with E-state index in [1.807, 2.05) is 18.2 Å². The smallest absolute Gasteiger partial charge is 0.411 e. The molecule has 3 unspecified atom stereocenters. The van der Waals surface area contributed by atoms with Crippen molar-refractivity contribution in [2.45, 2.75) is 57.7 Å². The standard InChI is InChI=1S/C24H29F3N4O3/c1-5-15-6-7-17-16(10-15)19(30-14-29-17)20-23(12-31(20)21(32)34-22(2,3)4)8-9-28-18(11-23)33-13-24(25,26)27/h5-7,10,14,18,20,28H,1,8-9,11-13H2,2-4H3. The molecule has 0 radical (unpaired) electrons. The Morgan fingerprint density at radius 1 is 1.32 bits per heavy atom. The van der Waals surface area contributed by atoms with Crippen LogP contribution in [0.1, 0.15) is 50.9 Å². The number of halogens is 3. The van der Waals surface area contributed by atoms with Gasteiger partial charge in [0.15, 0.2) is 0 Å². The summed E-state index contributed by atoms with van der Waals surface area (Å²) in [6.45, 7) is 8.66. The lowest BCUT2D eigenvalue weighted by molar-refractivity contribution is -0.204. The summed E-state index contributed by atoms with van der Waals surface area (Å²) in [4.78, 5) is 23.6. The second-order valence-electron chi connectivity index (χ2n) is 9.94. The van der Waals surface area contributed by atoms with E-state index in [0.717, 1.165) is 10.9 Å². The van der Waals surface area contributed by atoms with Crippen molar-refractivity contribution in [1.82, 2.24) is 20.2 Å². The summed E-state index contributed by atoms with van der Waals surface area (Å²) >= 11 is 0. The first-order chi connectivity index (χ1) is 15.9. The number of benzene rings is 1. The van der Waals surface area contributed by atoms with E-state index in [4.69, 9.17) is 9.47 Å². The lowest BCUT2D eigenvalue weighted by Gasteiger charge is -2.59. The molecule has 1 N–H and O–H groups in total. The van der Waals surface area contributed by atoms with Gasteiger partial charge in [0, 0.05) is 17.3 Å². The van der Waals surface area contributed by atoms with E-state index in [2.05, 4.69) is 21.9 Å². The summed E-state index contributed by atoms with van der Waals surface area (Å²) in [5, 5.41) is 3.79. The van der Waals surface area contributed by atoms with Crippen LogP contribution < -0.4 is 5.32 Å². The number of rotatable bonds is 4. The minimum absolute atomic E-state index is 0.305. The number of hydrogen-bond donors (Lipinski definition) is 1. The molecule has 2 aliphatic rings. The molecule has 1 aromatic heterocycles. The van der Waals surface area contributed by atoms with Crippen LogP contribution in [0, 0.1) is 5.41 Å². The first-order valence-electron chi connectivity index (χ1n) is 11.2. The van der Waals surface area contributed by atoms with Crippen LogP contribution >= 0.6 is 0 Å². The molecule has 1 aromatic carbocycles. The van der Waals surface area contributed by atoms with E-state index < -0.39 is 42.2 Å². The van der Waals surface area contributed by atoms with E-state index in [9.17, 15) is 18.0 Å². The van der Waals surface area contributed by atoms with Crippen LogP contribution in [0.4, 0.5) is 18.0 Å². The Balaban J connectivity index is 1.72. The van der Waals surface area contributed by atoms with Gasteiger partial charge in [-0.05, 0) is 57.9 Å². The van der Waals surface area contributed by atoms with Gasteiger partial charge in [-0.2, -0.15) is 13.2 Å². The fourth-order valence-corrected chi connectivity index (χ4v) is 4.83. The second kappa shape index (κ2) is 8.81. The van der Waals surface area contributed by atoms with Gasteiger partial charge in [-0.15, -0.1) is 0 Å². The van der Waals surface area contributed by atoms with E-state index in [1.54, 1.807) is 31.7 Å². The number of aromatic nitrogens is 2. The Hall–Kier alpha value is -2.72. The van der Waals surface area contributed by atoms with Crippen LogP contribution in [0.15, 0.2) is 31.1 Å². The molecule has 0 aliphatic carbocycles. The number of likely N-dealkylation sites (tertiary alicyclic amines) is 1. The topological polar surface area (TPSA) is 76.6 Å². The van der Waals surface area contributed by atoms with Crippen LogP contribution in [0.25, 0.3) is 17.0 Å². The van der Waals surface area contributed by atoms with Crippen molar-refractivity contribution in [3.63, 3.8) is 0 Å². The number of nitrogens with zero attached hydrogens (tertiary/aromatic N) is 3. The molecule has 184 valence electrons. The predicted molar refractivity (Wildman–Crippen MR) is 121 cm³/mol. The third kappa shape index (κ3) is 5.02. The zero-order valence-corrected chi connectivity index (χ0v) is 19.5. The molecule has 2 aliphatic heterocycles. The zero-order chi connectivity index (χ0) is 24.7. The van der Waals surface area contributed by atoms with E-state index >= 15 is 0 Å². The molecule has 3 heterocycles. The van der Waals surface area contributed by atoms with Gasteiger partial charge < -0.3 is 9.47 Å². The number of piperidine rings is 1. The highest BCUT2D eigenvalue weighted by atomic mass is 19.4. The highest BCUT2D eigenvalue weighted by Crippen LogP contribution is 2.56. The average Bonchev–Trinajstić information content (AvgIpc) is 2.74. The van der Waals surface area contributed by atoms with Gasteiger partial charge in [0.05, 0.1) is 17.3 Å². The molecule has 4 rings (SSSR count). The van der Waals surface area contributed by atoms with Crippen LogP contribution in [-0.4, -0.2) is 58.7 Å². The number of hydrogen-bond acceptors (Lipinski definition) is 6. The predicted octanol–water partition coefficient (Wildman–Crippen LogP) is 4.84. The maximum absolute atomic E-state index is 13.1. The molecular weight excluding hydrogens is 449 g/mol. The van der Waals surface area contributed by atoms with Gasteiger partial charge in [0.25, 0.3) is 0 Å². The van der Waals surface area contributed by atoms with Crippen molar-refractivity contribution >= 4 is 23.1 Å². The number of alkyl halides is 3. The monoisotopic (exact) mass is 478 g/mol. The first-order valence-corrected chi connectivity index (χ1v) is 11.2. The molecule has 10 heteroatoms. The SMILES string of the molecule is C=Cc1ccc2ncnc(C3N(C(=O)OC(C)(C)C)CC34CCNC(OCC(F)(F)F)C4)c2c1. The van der Waals surface area contributed by atoms with E-state index in [1.165, 1.54) is 6.33 Å². The fraction of sp³-hybridized carbons (Fsp3) is 0.542. The largest absolute Gasteiger partial charge is 0.444 e. The Morgan fingerprint density at radius 2 is 2.09 bits per heavy atom. The van der Waals surface area contributed by atoms with Crippen LogP contribution in [0.3, 0.4) is 0 Å². The number of amides is 1. The molecule has 1 amide bonds. The summed E-state index contributed by atoms with van der Waals surface area (Å²) in [5.74, 6) is 0. The van der Waals surface area contributed by atoms with Crippen LogP contribution in [0.2, 0.25) is 0 Å². The van der Waals surface area contributed by atoms with Crippen molar-refractivity contribution in [1.29, 1.82) is 0 Å². The van der Waals surface area contributed by atoms with Crippen molar-refractivity contribution in [2.24, 2.45) is 5.41 Å². The Kier molecular flexibility index (Phi) is 6.32. The summed E-state index contributed by atoms with van der Waals surface area (Å²) in [6.07, 6.45) is -1.57. The molecule has 34 heavy (non-hydrogen) atoms. The molecule has 1 spiro atoms. The third-order valence-electron chi connectivity index (χ3n) is 6.22. The zero-order valence-electron chi connectivity index (χ0n) is 19.5. The maximum Gasteiger partial charge on any atom is 0.411 e. The highest BCUT2D eigenvalue weighted by molar-refractivity contribution is 5.84. The van der Waals surface area contributed by atoms with E-state index in [-0.39, 0.29) is 0 Å². The summed E-state index contributed by atoms with van der Waals surface area (Å²) < 4.78 is 49.1. The number of carbonyl (C=O) groups excluding carboxylic acids is 1. The molecule has 7 nitrogen and oxygen atoms in total. The average molecular weight is 479 g/mol. The molecule has 2 saturated heterocycles. The van der Waals surface area contributed by atoms with Crippen molar-refractivity contribution < 1.29 is 27.4 Å². The fourth-order valence-electron chi connectivity index (χ4n) is 4.83. The number of carbonyl (C=O) groups is 1. The van der Waals surface area contributed by atoms with Crippen molar-refractivity contribution in [2.75, 3.05) is 19.7 Å². The quantitative estimate of drug-likeness (QED) is 0.678. The molecule has 2 aromatic rings. The van der Waals surface area contributed by atoms with Crippen LogP contribution in [-0.2, 0) is 9.47 Å². The molecule has 2 fully saturated rings. The second-order valence-corrected chi connectivity index (χ2v) is 9.94. The van der Waals surface area contributed by atoms with Gasteiger partial charge in [-0.25, -0.2) is 14.8 Å². The lowest BCUT2D eigenvalue weighted by Crippen LogP contribution is -2.65. The Labute approximate surface area is 196 Å². The molecule has 0 bridgehead atoms.